The van der Waals surface area contributed by atoms with Crippen LogP contribution < -0.4 is 5.48 Å². The molecule has 2 amide bonds. The van der Waals surface area contributed by atoms with Crippen LogP contribution in [0.15, 0.2) is 33.3 Å². The molecule has 2 rings (SSSR count). The SMILES string of the molecule is CCONC(=O)CCN(Cc1ccco1)C(=O)c1cc(C)oc1C. The summed E-state index contributed by atoms with van der Waals surface area (Å²) in [6.45, 7) is 6.20. The van der Waals surface area contributed by atoms with E-state index in [4.69, 9.17) is 13.7 Å². The largest absolute Gasteiger partial charge is 0.467 e. The van der Waals surface area contributed by atoms with Crippen molar-refractivity contribution in [3.8, 4) is 0 Å². The standard InChI is InChI=1S/C17H22N2O5/c1-4-23-18-16(20)7-8-19(11-14-6-5-9-22-14)17(21)15-10-12(2)24-13(15)3/h5-6,9-10H,4,7-8,11H2,1-3H3,(H,18,20). The van der Waals surface area contributed by atoms with Crippen LogP contribution in [0.1, 0.15) is 41.0 Å². The fourth-order valence-corrected chi connectivity index (χ4v) is 2.30. The first-order valence-corrected chi connectivity index (χ1v) is 7.80. The van der Waals surface area contributed by atoms with E-state index in [0.717, 1.165) is 0 Å². The molecule has 2 aromatic rings. The number of nitrogens with one attached hydrogen (secondary N) is 1. The van der Waals surface area contributed by atoms with Crippen molar-refractivity contribution in [3.05, 3.63) is 47.3 Å². The molecule has 130 valence electrons. The Labute approximate surface area is 140 Å². The van der Waals surface area contributed by atoms with Crippen molar-refractivity contribution >= 4 is 11.8 Å². The maximum absolute atomic E-state index is 12.8. The zero-order valence-electron chi connectivity index (χ0n) is 14.1. The summed E-state index contributed by atoms with van der Waals surface area (Å²) in [5, 5.41) is 0. The number of rotatable bonds is 8. The lowest BCUT2D eigenvalue weighted by Crippen LogP contribution is -2.35. The highest BCUT2D eigenvalue weighted by atomic mass is 16.6. The minimum absolute atomic E-state index is 0.127. The Hall–Kier alpha value is -2.54. The van der Waals surface area contributed by atoms with E-state index in [0.29, 0.717) is 29.5 Å². The van der Waals surface area contributed by atoms with E-state index in [1.54, 1.807) is 50.1 Å². The molecule has 2 heterocycles. The summed E-state index contributed by atoms with van der Waals surface area (Å²) in [5.74, 6) is 1.38. The third-order valence-electron chi connectivity index (χ3n) is 3.42. The highest BCUT2D eigenvalue weighted by Gasteiger charge is 2.22. The number of aryl methyl sites for hydroxylation is 2. The molecule has 7 heteroatoms. The second kappa shape index (κ2) is 8.35. The predicted octanol–water partition coefficient (Wildman–Crippen LogP) is 2.59. The van der Waals surface area contributed by atoms with Gasteiger partial charge >= 0.3 is 0 Å². The van der Waals surface area contributed by atoms with Gasteiger partial charge in [0, 0.05) is 13.0 Å². The van der Waals surface area contributed by atoms with Gasteiger partial charge in [0.05, 0.1) is 25.0 Å². The highest BCUT2D eigenvalue weighted by Crippen LogP contribution is 2.18. The van der Waals surface area contributed by atoms with Gasteiger partial charge in [-0.3, -0.25) is 14.4 Å². The minimum atomic E-state index is -0.283. The Balaban J connectivity index is 2.08. The maximum Gasteiger partial charge on any atom is 0.257 e. The fourth-order valence-electron chi connectivity index (χ4n) is 2.30. The summed E-state index contributed by atoms with van der Waals surface area (Å²) < 4.78 is 10.7. The summed E-state index contributed by atoms with van der Waals surface area (Å²) >= 11 is 0. The van der Waals surface area contributed by atoms with Gasteiger partial charge < -0.3 is 13.7 Å². The molecule has 1 N–H and O–H groups in total. The number of hydrogen-bond donors (Lipinski definition) is 1. The van der Waals surface area contributed by atoms with Gasteiger partial charge in [-0.15, -0.1) is 0 Å². The number of carbonyl (C=O) groups is 2. The second-order valence-electron chi connectivity index (χ2n) is 5.34. The van der Waals surface area contributed by atoms with E-state index in [9.17, 15) is 9.59 Å². The lowest BCUT2D eigenvalue weighted by molar-refractivity contribution is -0.133. The van der Waals surface area contributed by atoms with Crippen LogP contribution in [0, 0.1) is 13.8 Å². The van der Waals surface area contributed by atoms with E-state index >= 15 is 0 Å². The summed E-state index contributed by atoms with van der Waals surface area (Å²) in [5.41, 5.74) is 2.81. The van der Waals surface area contributed by atoms with Crippen LogP contribution in [0.4, 0.5) is 0 Å². The molecule has 0 aliphatic carbocycles. The molecular formula is C17H22N2O5. The molecule has 0 aliphatic rings. The first-order chi connectivity index (χ1) is 11.5. The lowest BCUT2D eigenvalue weighted by Gasteiger charge is -2.21. The third-order valence-corrected chi connectivity index (χ3v) is 3.42. The van der Waals surface area contributed by atoms with Gasteiger partial charge in [0.2, 0.25) is 5.91 Å². The maximum atomic E-state index is 12.8. The smallest absolute Gasteiger partial charge is 0.257 e. The molecule has 0 saturated carbocycles. The summed E-state index contributed by atoms with van der Waals surface area (Å²) in [6.07, 6.45) is 1.68. The molecule has 0 radical (unpaired) electrons. The molecule has 0 spiro atoms. The van der Waals surface area contributed by atoms with Crippen LogP contribution >= 0.6 is 0 Å². The van der Waals surface area contributed by atoms with Gasteiger partial charge in [-0.1, -0.05) is 0 Å². The Morgan fingerprint density at radius 1 is 1.33 bits per heavy atom. The fraction of sp³-hybridized carbons (Fsp3) is 0.412. The van der Waals surface area contributed by atoms with E-state index in [1.807, 2.05) is 0 Å². The first-order valence-electron chi connectivity index (χ1n) is 7.80. The van der Waals surface area contributed by atoms with Crippen LogP contribution in [-0.2, 0) is 16.2 Å². The summed E-state index contributed by atoms with van der Waals surface area (Å²) in [6, 6.07) is 5.24. The van der Waals surface area contributed by atoms with Gasteiger partial charge in [0.25, 0.3) is 5.91 Å². The summed E-state index contributed by atoms with van der Waals surface area (Å²) in [4.78, 5) is 30.9. The topological polar surface area (TPSA) is 84.9 Å². The van der Waals surface area contributed by atoms with Crippen molar-refractivity contribution in [1.82, 2.24) is 10.4 Å². The van der Waals surface area contributed by atoms with Crippen molar-refractivity contribution in [3.63, 3.8) is 0 Å². The molecular weight excluding hydrogens is 312 g/mol. The molecule has 0 atom stereocenters. The van der Waals surface area contributed by atoms with Crippen molar-refractivity contribution in [2.24, 2.45) is 0 Å². The number of hydroxylamine groups is 1. The Bertz CT molecular complexity index is 675. The van der Waals surface area contributed by atoms with E-state index < -0.39 is 0 Å². The number of nitrogens with zero attached hydrogens (tertiary/aromatic N) is 1. The average molecular weight is 334 g/mol. The minimum Gasteiger partial charge on any atom is -0.467 e. The van der Waals surface area contributed by atoms with Crippen molar-refractivity contribution < 1.29 is 23.3 Å². The molecule has 7 nitrogen and oxygen atoms in total. The third kappa shape index (κ3) is 4.73. The quantitative estimate of drug-likeness (QED) is 0.750. The number of furan rings is 2. The van der Waals surface area contributed by atoms with Gasteiger partial charge in [-0.25, -0.2) is 5.48 Å². The number of amides is 2. The molecule has 0 fully saturated rings. The van der Waals surface area contributed by atoms with Gasteiger partial charge in [-0.05, 0) is 39.0 Å². The van der Waals surface area contributed by atoms with Gasteiger partial charge in [0.15, 0.2) is 0 Å². The van der Waals surface area contributed by atoms with Crippen molar-refractivity contribution in [2.75, 3.05) is 13.2 Å². The van der Waals surface area contributed by atoms with Crippen LogP contribution in [0.5, 0.6) is 0 Å². The first kappa shape index (κ1) is 17.8. The number of hydrogen-bond acceptors (Lipinski definition) is 5. The molecule has 0 saturated heterocycles. The van der Waals surface area contributed by atoms with E-state index in [2.05, 4.69) is 5.48 Å². The Morgan fingerprint density at radius 3 is 2.71 bits per heavy atom. The van der Waals surface area contributed by atoms with Crippen molar-refractivity contribution in [1.29, 1.82) is 0 Å². The molecule has 0 unspecified atom stereocenters. The molecule has 0 bridgehead atoms. The van der Waals surface area contributed by atoms with Crippen LogP contribution in [0.25, 0.3) is 0 Å². The van der Waals surface area contributed by atoms with E-state index in [1.165, 1.54) is 0 Å². The van der Waals surface area contributed by atoms with Crippen molar-refractivity contribution in [2.45, 2.75) is 33.7 Å². The van der Waals surface area contributed by atoms with Crippen LogP contribution in [0.3, 0.4) is 0 Å². The lowest BCUT2D eigenvalue weighted by atomic mass is 10.2. The van der Waals surface area contributed by atoms with Crippen LogP contribution in [-0.4, -0.2) is 29.9 Å². The zero-order valence-corrected chi connectivity index (χ0v) is 14.1. The molecule has 0 aromatic carbocycles. The monoisotopic (exact) mass is 334 g/mol. The average Bonchev–Trinajstić information content (AvgIpc) is 3.17. The zero-order chi connectivity index (χ0) is 17.5. The second-order valence-corrected chi connectivity index (χ2v) is 5.34. The molecule has 0 aliphatic heterocycles. The van der Waals surface area contributed by atoms with Gasteiger partial charge in [0.1, 0.15) is 17.3 Å². The highest BCUT2D eigenvalue weighted by molar-refractivity contribution is 5.95. The number of carbonyl (C=O) groups excluding carboxylic acids is 2. The predicted molar refractivity (Wildman–Crippen MR) is 86.0 cm³/mol. The molecule has 2 aromatic heterocycles. The molecule has 24 heavy (non-hydrogen) atoms. The Morgan fingerprint density at radius 2 is 2.12 bits per heavy atom. The summed E-state index contributed by atoms with van der Waals surface area (Å²) in [7, 11) is 0. The van der Waals surface area contributed by atoms with Crippen LogP contribution in [0.2, 0.25) is 0 Å². The van der Waals surface area contributed by atoms with Gasteiger partial charge in [-0.2, -0.15) is 0 Å². The van der Waals surface area contributed by atoms with E-state index in [-0.39, 0.29) is 31.3 Å². The normalized spacial score (nSPS) is 10.6. The Kier molecular flexibility index (Phi) is 6.20.